The second-order valence-corrected chi connectivity index (χ2v) is 7.00. The first-order valence-corrected chi connectivity index (χ1v) is 7.94. The third kappa shape index (κ3) is 1.91. The van der Waals surface area contributed by atoms with Crippen LogP contribution in [-0.4, -0.2) is 58.6 Å². The molecule has 0 aromatic carbocycles. The van der Waals surface area contributed by atoms with E-state index in [9.17, 15) is 9.90 Å². The van der Waals surface area contributed by atoms with Crippen molar-refractivity contribution in [2.24, 2.45) is 11.8 Å². The van der Waals surface area contributed by atoms with Crippen molar-refractivity contribution in [2.45, 2.75) is 56.7 Å². The highest BCUT2D eigenvalue weighted by Gasteiger charge is 2.48. The first-order valence-electron chi connectivity index (χ1n) is 7.94. The summed E-state index contributed by atoms with van der Waals surface area (Å²) in [6.45, 7) is 3.16. The highest BCUT2D eigenvalue weighted by Crippen LogP contribution is 2.42. The van der Waals surface area contributed by atoms with Crippen LogP contribution in [0.4, 0.5) is 0 Å². The van der Waals surface area contributed by atoms with Crippen LogP contribution < -0.4 is 0 Å². The lowest BCUT2D eigenvalue weighted by Crippen LogP contribution is -2.65. The van der Waals surface area contributed by atoms with Gasteiger partial charge < -0.3 is 10.0 Å². The van der Waals surface area contributed by atoms with Gasteiger partial charge >= 0.3 is 0 Å². The van der Waals surface area contributed by atoms with Crippen molar-refractivity contribution in [2.75, 3.05) is 19.6 Å². The first-order chi connectivity index (χ1) is 9.22. The molecule has 19 heavy (non-hydrogen) atoms. The summed E-state index contributed by atoms with van der Waals surface area (Å²) in [5.74, 6) is 1.68. The number of hydrogen-bond donors (Lipinski definition) is 1. The van der Waals surface area contributed by atoms with Gasteiger partial charge in [0.05, 0.1) is 6.10 Å². The van der Waals surface area contributed by atoms with E-state index >= 15 is 0 Å². The lowest BCUT2D eigenvalue weighted by atomic mass is 9.70. The average Bonchev–Trinajstić information content (AvgIpc) is 2.41. The molecule has 0 radical (unpaired) electrons. The van der Waals surface area contributed by atoms with Crippen LogP contribution in [0, 0.1) is 11.8 Å². The van der Waals surface area contributed by atoms with Gasteiger partial charge in [0.15, 0.2) is 0 Å². The number of carbonyl (C=O) groups excluding carboxylic acids is 1. The minimum atomic E-state index is -0.118. The van der Waals surface area contributed by atoms with E-state index in [1.165, 1.54) is 12.8 Å². The Balaban J connectivity index is 1.58. The SMILES string of the molecule is O=C1CCC[C@H]2[C@@H]3C[C@H](CN12)[C@H]1C[C@@H](O)CCN1C3. The van der Waals surface area contributed by atoms with Crippen molar-refractivity contribution < 1.29 is 9.90 Å². The lowest BCUT2D eigenvalue weighted by molar-refractivity contribution is -0.150. The van der Waals surface area contributed by atoms with E-state index in [4.69, 9.17) is 0 Å². The molecule has 4 rings (SSSR count). The molecule has 4 aliphatic rings. The maximum Gasteiger partial charge on any atom is 0.222 e. The van der Waals surface area contributed by atoms with E-state index in [0.29, 0.717) is 29.8 Å². The molecular formula is C15H24N2O2. The lowest BCUT2D eigenvalue weighted by Gasteiger charge is -2.57. The van der Waals surface area contributed by atoms with E-state index in [0.717, 1.165) is 45.3 Å². The Morgan fingerprint density at radius 2 is 1.89 bits per heavy atom. The Labute approximate surface area is 114 Å². The fraction of sp³-hybridized carbons (Fsp3) is 0.933. The van der Waals surface area contributed by atoms with E-state index in [1.54, 1.807) is 0 Å². The summed E-state index contributed by atoms with van der Waals surface area (Å²) in [6.07, 6.45) is 6.07. The fourth-order valence-corrected chi connectivity index (χ4v) is 5.07. The molecule has 0 aromatic rings. The molecule has 4 fully saturated rings. The number of carbonyl (C=O) groups is 1. The zero-order chi connectivity index (χ0) is 13.0. The van der Waals surface area contributed by atoms with Gasteiger partial charge in [-0.05, 0) is 43.9 Å². The number of aliphatic hydroxyl groups excluding tert-OH is 1. The van der Waals surface area contributed by atoms with E-state index in [-0.39, 0.29) is 6.10 Å². The largest absolute Gasteiger partial charge is 0.393 e. The summed E-state index contributed by atoms with van der Waals surface area (Å²) in [5, 5.41) is 9.92. The molecule has 4 saturated heterocycles. The molecule has 0 aromatic heterocycles. The van der Waals surface area contributed by atoms with Gasteiger partial charge in [-0.2, -0.15) is 0 Å². The van der Waals surface area contributed by atoms with Crippen LogP contribution >= 0.6 is 0 Å². The van der Waals surface area contributed by atoms with Crippen LogP contribution in [0.5, 0.6) is 0 Å². The van der Waals surface area contributed by atoms with Crippen molar-refractivity contribution in [3.05, 3.63) is 0 Å². The molecule has 0 aliphatic carbocycles. The Morgan fingerprint density at radius 1 is 1.05 bits per heavy atom. The third-order valence-electron chi connectivity index (χ3n) is 5.94. The smallest absolute Gasteiger partial charge is 0.222 e. The van der Waals surface area contributed by atoms with Crippen LogP contribution in [0.3, 0.4) is 0 Å². The number of nitrogens with zero attached hydrogens (tertiary/aromatic N) is 2. The zero-order valence-electron chi connectivity index (χ0n) is 11.5. The summed E-state index contributed by atoms with van der Waals surface area (Å²) in [4.78, 5) is 17.0. The van der Waals surface area contributed by atoms with Crippen LogP contribution in [-0.2, 0) is 4.79 Å². The predicted octanol–water partition coefficient (Wildman–Crippen LogP) is 0.843. The van der Waals surface area contributed by atoms with E-state index in [2.05, 4.69) is 9.80 Å². The standard InChI is InChI=1S/C15H24N2O2/c18-12-4-5-16-8-10-6-11(14(16)7-12)9-17-13(10)2-1-3-15(17)19/h10-14,18H,1-9H2/t10-,11-,12+,13+,14-/m1/s1. The van der Waals surface area contributed by atoms with Crippen LogP contribution in [0.1, 0.15) is 38.5 Å². The van der Waals surface area contributed by atoms with Gasteiger partial charge in [0, 0.05) is 38.1 Å². The minimum absolute atomic E-state index is 0.118. The summed E-state index contributed by atoms with van der Waals surface area (Å²) in [5.41, 5.74) is 0. The highest BCUT2D eigenvalue weighted by molar-refractivity contribution is 5.77. The third-order valence-corrected chi connectivity index (χ3v) is 5.94. The molecule has 4 nitrogen and oxygen atoms in total. The number of piperidine rings is 4. The maximum absolute atomic E-state index is 12.1. The van der Waals surface area contributed by atoms with Crippen molar-refractivity contribution in [3.63, 3.8) is 0 Å². The number of aliphatic hydroxyl groups is 1. The summed E-state index contributed by atoms with van der Waals surface area (Å²) in [7, 11) is 0. The number of rotatable bonds is 0. The number of amides is 1. The second-order valence-electron chi connectivity index (χ2n) is 7.00. The molecule has 4 aliphatic heterocycles. The van der Waals surface area contributed by atoms with Crippen LogP contribution in [0.2, 0.25) is 0 Å². The topological polar surface area (TPSA) is 43.8 Å². The monoisotopic (exact) mass is 264 g/mol. The van der Waals surface area contributed by atoms with Gasteiger partial charge in [0.25, 0.3) is 0 Å². The maximum atomic E-state index is 12.1. The molecule has 1 amide bonds. The van der Waals surface area contributed by atoms with Crippen molar-refractivity contribution in [1.29, 1.82) is 0 Å². The predicted molar refractivity (Wildman–Crippen MR) is 71.6 cm³/mol. The van der Waals surface area contributed by atoms with Gasteiger partial charge in [0.2, 0.25) is 5.91 Å². The summed E-state index contributed by atoms with van der Waals surface area (Å²) in [6, 6.07) is 1.04. The van der Waals surface area contributed by atoms with Crippen LogP contribution in [0.25, 0.3) is 0 Å². The van der Waals surface area contributed by atoms with Crippen molar-refractivity contribution in [3.8, 4) is 0 Å². The number of fused-ring (bicyclic) bond motifs is 6. The number of hydrogen-bond acceptors (Lipinski definition) is 3. The molecule has 4 heterocycles. The average molecular weight is 264 g/mol. The molecule has 0 spiro atoms. The summed E-state index contributed by atoms with van der Waals surface area (Å²) >= 11 is 0. The minimum Gasteiger partial charge on any atom is -0.393 e. The van der Waals surface area contributed by atoms with Crippen LogP contribution in [0.15, 0.2) is 0 Å². The van der Waals surface area contributed by atoms with Gasteiger partial charge in [0.1, 0.15) is 0 Å². The molecule has 0 saturated carbocycles. The van der Waals surface area contributed by atoms with Gasteiger partial charge in [-0.15, -0.1) is 0 Å². The molecule has 0 unspecified atom stereocenters. The Hall–Kier alpha value is -0.610. The molecule has 2 bridgehead atoms. The van der Waals surface area contributed by atoms with E-state index in [1.807, 2.05) is 0 Å². The van der Waals surface area contributed by atoms with Gasteiger partial charge in [-0.25, -0.2) is 0 Å². The summed E-state index contributed by atoms with van der Waals surface area (Å²) < 4.78 is 0. The molecule has 1 N–H and O–H groups in total. The van der Waals surface area contributed by atoms with Crippen molar-refractivity contribution >= 4 is 5.91 Å². The quantitative estimate of drug-likeness (QED) is 0.705. The Bertz CT molecular complexity index is 386. The first kappa shape index (κ1) is 12.2. The molecular weight excluding hydrogens is 240 g/mol. The molecule has 4 heteroatoms. The zero-order valence-corrected chi connectivity index (χ0v) is 11.5. The van der Waals surface area contributed by atoms with E-state index < -0.39 is 0 Å². The highest BCUT2D eigenvalue weighted by atomic mass is 16.3. The normalized spacial score (nSPS) is 46.7. The van der Waals surface area contributed by atoms with Crippen molar-refractivity contribution in [1.82, 2.24) is 9.80 Å². The van der Waals surface area contributed by atoms with Gasteiger partial charge in [-0.1, -0.05) is 0 Å². The fourth-order valence-electron chi connectivity index (χ4n) is 5.07. The second kappa shape index (κ2) is 4.45. The molecule has 106 valence electrons. The molecule has 5 atom stereocenters. The Morgan fingerprint density at radius 3 is 2.79 bits per heavy atom. The van der Waals surface area contributed by atoms with Gasteiger partial charge in [-0.3, -0.25) is 9.69 Å². The Kier molecular flexibility index (Phi) is 2.85.